The average Bonchev–Trinajstić information content (AvgIpc) is 3.45. The molecular formula is C29H33N5O6. The fourth-order valence-electron chi connectivity index (χ4n) is 4.56. The van der Waals surface area contributed by atoms with Crippen molar-refractivity contribution in [1.82, 2.24) is 10.4 Å². The molecule has 11 heteroatoms. The molecule has 1 aliphatic rings. The summed E-state index contributed by atoms with van der Waals surface area (Å²) in [5, 5.41) is 22.5. The fraction of sp³-hybridized carbons (Fsp3) is 0.379. The van der Waals surface area contributed by atoms with E-state index >= 15 is 0 Å². The van der Waals surface area contributed by atoms with E-state index in [1.807, 2.05) is 6.07 Å². The van der Waals surface area contributed by atoms with Gasteiger partial charge in [0.2, 0.25) is 11.8 Å². The summed E-state index contributed by atoms with van der Waals surface area (Å²) in [6.45, 7) is 0. The zero-order valence-electron chi connectivity index (χ0n) is 22.7. The minimum absolute atomic E-state index is 0.125. The number of nitrogens with zero attached hydrogens (tertiary/aromatic N) is 3. The third-order valence-corrected chi connectivity index (χ3v) is 6.74. The van der Waals surface area contributed by atoms with Crippen LogP contribution < -0.4 is 14.9 Å². The highest BCUT2D eigenvalue weighted by molar-refractivity contribution is 6.49. The van der Waals surface area contributed by atoms with Gasteiger partial charge in [-0.3, -0.25) is 14.4 Å². The maximum atomic E-state index is 12.3. The molecule has 3 N–H and O–H groups in total. The van der Waals surface area contributed by atoms with E-state index in [0.29, 0.717) is 47.2 Å². The van der Waals surface area contributed by atoms with Gasteiger partial charge in [0.15, 0.2) is 11.5 Å². The molecule has 0 radical (unpaired) electrons. The molecule has 4 rings (SSSR count). The Hall–Kier alpha value is -4.54. The number of hydrazone groups is 1. The Labute approximate surface area is 231 Å². The largest absolute Gasteiger partial charge is 0.497 e. The number of ketones is 1. The van der Waals surface area contributed by atoms with Crippen molar-refractivity contribution >= 4 is 39.9 Å². The van der Waals surface area contributed by atoms with Gasteiger partial charge in [-0.15, -0.1) is 10.2 Å². The van der Waals surface area contributed by atoms with Gasteiger partial charge in [0.05, 0.1) is 19.7 Å². The summed E-state index contributed by atoms with van der Waals surface area (Å²) < 4.78 is 10.4. The first-order valence-electron chi connectivity index (χ1n) is 13.3. The van der Waals surface area contributed by atoms with E-state index in [0.717, 1.165) is 31.2 Å². The highest BCUT2D eigenvalue weighted by atomic mass is 16.5. The van der Waals surface area contributed by atoms with E-state index in [9.17, 15) is 19.5 Å². The number of amides is 2. The molecule has 0 saturated heterocycles. The number of rotatable bonds is 13. The number of aromatic amines is 1. The number of hydrogen-bond acceptors (Lipinski definition) is 8. The molecule has 2 aromatic carbocycles. The molecule has 1 heterocycles. The minimum atomic E-state index is -0.350. The summed E-state index contributed by atoms with van der Waals surface area (Å²) in [6.07, 6.45) is 5.87. The Bertz CT molecular complexity index is 1460. The molecule has 40 heavy (non-hydrogen) atoms. The van der Waals surface area contributed by atoms with Crippen molar-refractivity contribution in [3.63, 3.8) is 0 Å². The number of carbonyl (C=O) groups excluding carboxylic acids is 3. The molecular weight excluding hydrogens is 514 g/mol. The number of carbonyl (C=O) groups is 3. The van der Waals surface area contributed by atoms with Crippen LogP contribution >= 0.6 is 0 Å². The predicted molar refractivity (Wildman–Crippen MR) is 149 cm³/mol. The lowest BCUT2D eigenvalue weighted by atomic mass is 10.1. The maximum absolute atomic E-state index is 12.3. The summed E-state index contributed by atoms with van der Waals surface area (Å²) in [4.78, 5) is 39.4. The third kappa shape index (κ3) is 7.10. The van der Waals surface area contributed by atoms with Crippen LogP contribution in [0.1, 0.15) is 62.5 Å². The molecule has 0 bridgehead atoms. The molecule has 210 valence electrons. The monoisotopic (exact) mass is 547 g/mol. The number of H-pyrrole nitrogens is 1. The molecule has 3 aromatic rings. The van der Waals surface area contributed by atoms with E-state index in [1.165, 1.54) is 0 Å². The van der Waals surface area contributed by atoms with Crippen LogP contribution in [0, 0.1) is 0 Å². The number of benzene rings is 2. The van der Waals surface area contributed by atoms with Gasteiger partial charge in [0, 0.05) is 30.2 Å². The highest BCUT2D eigenvalue weighted by Gasteiger charge is 2.27. The normalized spacial score (nSPS) is 13.8. The van der Waals surface area contributed by atoms with Crippen molar-refractivity contribution in [1.29, 1.82) is 0 Å². The van der Waals surface area contributed by atoms with Crippen molar-refractivity contribution in [2.45, 2.75) is 57.8 Å². The van der Waals surface area contributed by atoms with Gasteiger partial charge < -0.3 is 19.6 Å². The van der Waals surface area contributed by atoms with Gasteiger partial charge in [-0.05, 0) is 48.7 Å². The molecule has 2 amide bonds. The number of aromatic hydroxyl groups is 1. The van der Waals surface area contributed by atoms with Crippen LogP contribution in [0.3, 0.4) is 0 Å². The minimum Gasteiger partial charge on any atom is -0.497 e. The lowest BCUT2D eigenvalue weighted by Gasteiger charge is -2.04. The highest BCUT2D eigenvalue weighted by Crippen LogP contribution is 2.37. The summed E-state index contributed by atoms with van der Waals surface area (Å²) in [6, 6.07) is 10.6. The SMILES string of the molecule is COc1ccc2c(c1)C(=NNC(=O)CCCCCCCCC(=O)N=Nc1c(O)[nH]c3ccc(OC)cc13)C(=O)C2. The van der Waals surface area contributed by atoms with Gasteiger partial charge in [-0.1, -0.05) is 31.7 Å². The number of hydrogen-bond donors (Lipinski definition) is 3. The molecule has 11 nitrogen and oxygen atoms in total. The number of fused-ring (bicyclic) bond motifs is 2. The van der Waals surface area contributed by atoms with E-state index in [-0.39, 0.29) is 47.7 Å². The topological polar surface area (TPSA) is 155 Å². The first-order valence-corrected chi connectivity index (χ1v) is 13.3. The molecule has 0 saturated carbocycles. The van der Waals surface area contributed by atoms with Crippen molar-refractivity contribution < 1.29 is 29.0 Å². The molecule has 0 fully saturated rings. The van der Waals surface area contributed by atoms with E-state index in [1.54, 1.807) is 44.6 Å². The van der Waals surface area contributed by atoms with Gasteiger partial charge in [-0.25, -0.2) is 5.43 Å². The van der Waals surface area contributed by atoms with E-state index in [2.05, 4.69) is 25.7 Å². The Morgan fingerprint density at radius 2 is 1.62 bits per heavy atom. The smallest absolute Gasteiger partial charge is 0.264 e. The van der Waals surface area contributed by atoms with E-state index in [4.69, 9.17) is 9.47 Å². The summed E-state index contributed by atoms with van der Waals surface area (Å²) in [7, 11) is 3.10. The van der Waals surface area contributed by atoms with E-state index < -0.39 is 0 Å². The first kappa shape index (κ1) is 28.5. The average molecular weight is 548 g/mol. The first-order chi connectivity index (χ1) is 19.4. The molecule has 0 spiro atoms. The number of Topliss-reactive ketones (excluding diaryl/α,β-unsaturated/α-hetero) is 1. The molecule has 1 aliphatic carbocycles. The summed E-state index contributed by atoms with van der Waals surface area (Å²) in [5.41, 5.74) is 5.21. The predicted octanol–water partition coefficient (Wildman–Crippen LogP) is 5.27. The van der Waals surface area contributed by atoms with Gasteiger partial charge >= 0.3 is 0 Å². The van der Waals surface area contributed by atoms with Crippen LogP contribution in [-0.2, 0) is 20.8 Å². The number of azo groups is 1. The van der Waals surface area contributed by atoms with Crippen molar-refractivity contribution in [2.24, 2.45) is 15.3 Å². The summed E-state index contributed by atoms with van der Waals surface area (Å²) >= 11 is 0. The molecule has 1 aromatic heterocycles. The quantitative estimate of drug-likeness (QED) is 0.150. The molecule has 0 unspecified atom stereocenters. The number of nitrogens with one attached hydrogen (secondary N) is 2. The standard InChI is InChI=1S/C29H33N5O6/c1-39-19-12-11-18-15-24(35)27(21(18)16-19)33-31-25(36)9-7-5-3-4-6-8-10-26(37)32-34-28-22-17-20(40-2)13-14-23(22)30-29(28)38/h11-14,16-17,30,38H,3-10,15H2,1-2H3,(H,31,36). The lowest BCUT2D eigenvalue weighted by molar-refractivity contribution is -0.121. The van der Waals surface area contributed by atoms with Crippen LogP contribution in [-0.4, -0.2) is 47.6 Å². The van der Waals surface area contributed by atoms with Gasteiger partial charge in [0.1, 0.15) is 17.2 Å². The van der Waals surface area contributed by atoms with Gasteiger partial charge in [0.25, 0.3) is 5.91 Å². The number of aromatic nitrogens is 1. The maximum Gasteiger partial charge on any atom is 0.264 e. The number of ether oxygens (including phenoxy) is 2. The lowest BCUT2D eigenvalue weighted by Crippen LogP contribution is -2.21. The van der Waals surface area contributed by atoms with Crippen LogP contribution in [0.4, 0.5) is 5.69 Å². The Morgan fingerprint density at radius 3 is 2.38 bits per heavy atom. The van der Waals surface area contributed by atoms with Crippen molar-refractivity contribution in [3.8, 4) is 17.4 Å². The van der Waals surface area contributed by atoms with Crippen molar-refractivity contribution in [3.05, 3.63) is 47.5 Å². The second-order valence-electron chi connectivity index (χ2n) is 9.57. The number of unbranched alkanes of at least 4 members (excludes halogenated alkanes) is 5. The van der Waals surface area contributed by atoms with Crippen LogP contribution in [0.5, 0.6) is 17.4 Å². The van der Waals surface area contributed by atoms with Crippen LogP contribution in [0.15, 0.2) is 51.7 Å². The molecule has 0 aliphatic heterocycles. The number of methoxy groups -OCH3 is 2. The zero-order chi connectivity index (χ0) is 28.5. The van der Waals surface area contributed by atoms with Crippen molar-refractivity contribution in [2.75, 3.05) is 14.2 Å². The van der Waals surface area contributed by atoms with Gasteiger partial charge in [-0.2, -0.15) is 5.10 Å². The second-order valence-corrected chi connectivity index (χ2v) is 9.57. The Kier molecular flexibility index (Phi) is 9.61. The third-order valence-electron chi connectivity index (χ3n) is 6.74. The Balaban J connectivity index is 1.10. The Morgan fingerprint density at radius 1 is 0.950 bits per heavy atom. The molecule has 0 atom stereocenters. The van der Waals surface area contributed by atoms with Crippen LogP contribution in [0.25, 0.3) is 10.9 Å². The fourth-order valence-corrected chi connectivity index (χ4v) is 4.56. The second kappa shape index (κ2) is 13.5. The summed E-state index contributed by atoms with van der Waals surface area (Å²) in [5.74, 6) is 0.383. The van der Waals surface area contributed by atoms with Crippen LogP contribution in [0.2, 0.25) is 0 Å². The zero-order valence-corrected chi connectivity index (χ0v) is 22.7.